The zero-order chi connectivity index (χ0) is 18.2. The predicted molar refractivity (Wildman–Crippen MR) is 97.5 cm³/mol. The zero-order valence-electron chi connectivity index (χ0n) is 14.3. The molecule has 2 aromatic carbocycles. The Morgan fingerprint density at radius 2 is 2.00 bits per heavy atom. The first kappa shape index (κ1) is 19.1. The molecule has 2 aromatic rings. The van der Waals surface area contributed by atoms with Crippen molar-refractivity contribution in [2.45, 2.75) is 36.5 Å². The van der Waals surface area contributed by atoms with E-state index in [1.54, 1.807) is 30.0 Å². The number of nitrogens with one attached hydrogen (secondary N) is 1. The summed E-state index contributed by atoms with van der Waals surface area (Å²) < 4.78 is 18.5. The molecule has 0 bridgehead atoms. The fraction of sp³-hybridized carbons (Fsp3) is 0.316. The van der Waals surface area contributed by atoms with Crippen LogP contribution in [0.25, 0.3) is 0 Å². The molecule has 0 aliphatic heterocycles. The van der Waals surface area contributed by atoms with Gasteiger partial charge in [-0.15, -0.1) is 11.8 Å². The average molecular weight is 363 g/mol. The van der Waals surface area contributed by atoms with Crippen LogP contribution in [-0.2, 0) is 11.3 Å². The van der Waals surface area contributed by atoms with E-state index in [1.165, 1.54) is 19.2 Å². The van der Waals surface area contributed by atoms with E-state index in [-0.39, 0.29) is 29.3 Å². The quantitative estimate of drug-likeness (QED) is 0.693. The Kier molecular flexibility index (Phi) is 7.13. The summed E-state index contributed by atoms with van der Waals surface area (Å²) in [5.74, 6) is 0.357. The van der Waals surface area contributed by atoms with E-state index in [4.69, 9.17) is 4.74 Å². The second-order valence-corrected chi connectivity index (χ2v) is 7.21. The van der Waals surface area contributed by atoms with Crippen molar-refractivity contribution < 1.29 is 19.0 Å². The summed E-state index contributed by atoms with van der Waals surface area (Å²) in [5, 5.41) is 12.3. The number of phenolic OH excluding ortho intramolecular Hbond substituents is 1. The fourth-order valence-corrected chi connectivity index (χ4v) is 3.31. The predicted octanol–water partition coefficient (Wildman–Crippen LogP) is 4.12. The third-order valence-electron chi connectivity index (χ3n) is 3.67. The first-order chi connectivity index (χ1) is 12.0. The molecule has 0 aliphatic rings. The van der Waals surface area contributed by atoms with Crippen LogP contribution >= 0.6 is 11.8 Å². The standard InChI is InChI=1S/C19H22FNO3S/c1-13(25-17-7-5-16(22)6-8-17)3-10-19(23)21-12-14-11-15(20)4-9-18(14)24-2/h4-9,11,13,22H,3,10,12H2,1-2H3,(H,21,23). The number of aromatic hydroxyl groups is 1. The maximum absolute atomic E-state index is 13.3. The number of hydrogen-bond donors (Lipinski definition) is 2. The molecule has 1 amide bonds. The van der Waals surface area contributed by atoms with E-state index >= 15 is 0 Å². The van der Waals surface area contributed by atoms with Crippen LogP contribution in [0.3, 0.4) is 0 Å². The molecule has 0 heterocycles. The van der Waals surface area contributed by atoms with Gasteiger partial charge in [-0.05, 0) is 48.9 Å². The fourth-order valence-electron chi connectivity index (χ4n) is 2.32. The number of ether oxygens (including phenoxy) is 1. The molecule has 0 fully saturated rings. The third kappa shape index (κ3) is 6.31. The molecular weight excluding hydrogens is 341 g/mol. The van der Waals surface area contributed by atoms with Crippen LogP contribution in [0.15, 0.2) is 47.4 Å². The van der Waals surface area contributed by atoms with Gasteiger partial charge in [-0.3, -0.25) is 4.79 Å². The van der Waals surface area contributed by atoms with Gasteiger partial charge in [-0.2, -0.15) is 0 Å². The van der Waals surface area contributed by atoms with Crippen molar-refractivity contribution in [3.63, 3.8) is 0 Å². The first-order valence-electron chi connectivity index (χ1n) is 8.02. The minimum atomic E-state index is -0.357. The van der Waals surface area contributed by atoms with Gasteiger partial charge in [-0.25, -0.2) is 4.39 Å². The number of carbonyl (C=O) groups is 1. The number of amides is 1. The summed E-state index contributed by atoms with van der Waals surface area (Å²) in [6.07, 6.45) is 1.11. The van der Waals surface area contributed by atoms with E-state index in [1.807, 2.05) is 12.1 Å². The van der Waals surface area contributed by atoms with Gasteiger partial charge in [0.2, 0.25) is 5.91 Å². The van der Waals surface area contributed by atoms with E-state index < -0.39 is 0 Å². The molecule has 25 heavy (non-hydrogen) atoms. The maximum atomic E-state index is 13.3. The van der Waals surface area contributed by atoms with E-state index in [9.17, 15) is 14.3 Å². The van der Waals surface area contributed by atoms with Gasteiger partial charge < -0.3 is 15.2 Å². The Morgan fingerprint density at radius 1 is 1.28 bits per heavy atom. The largest absolute Gasteiger partial charge is 0.508 e. The molecule has 0 saturated heterocycles. The number of methoxy groups -OCH3 is 1. The summed E-state index contributed by atoms with van der Waals surface area (Å²) >= 11 is 1.66. The molecule has 1 unspecified atom stereocenters. The van der Waals surface area contributed by atoms with Crippen molar-refractivity contribution in [3.8, 4) is 11.5 Å². The van der Waals surface area contributed by atoms with Crippen LogP contribution in [0, 0.1) is 5.82 Å². The Bertz CT molecular complexity index is 706. The van der Waals surface area contributed by atoms with E-state index in [0.29, 0.717) is 17.7 Å². The normalized spacial score (nSPS) is 11.8. The molecule has 0 spiro atoms. The van der Waals surface area contributed by atoms with Gasteiger partial charge in [0, 0.05) is 28.7 Å². The van der Waals surface area contributed by atoms with Crippen LogP contribution in [0.2, 0.25) is 0 Å². The first-order valence-corrected chi connectivity index (χ1v) is 8.90. The van der Waals surface area contributed by atoms with Gasteiger partial charge in [0.1, 0.15) is 17.3 Å². The van der Waals surface area contributed by atoms with Gasteiger partial charge in [0.25, 0.3) is 0 Å². The van der Waals surface area contributed by atoms with Crippen LogP contribution in [0.1, 0.15) is 25.3 Å². The molecule has 0 saturated carbocycles. The Labute approximate surface area is 151 Å². The molecule has 0 aromatic heterocycles. The molecule has 0 radical (unpaired) electrons. The summed E-state index contributed by atoms with van der Waals surface area (Å²) in [7, 11) is 1.51. The average Bonchev–Trinajstić information content (AvgIpc) is 2.60. The Hall–Kier alpha value is -2.21. The number of benzene rings is 2. The lowest BCUT2D eigenvalue weighted by Crippen LogP contribution is -2.23. The van der Waals surface area contributed by atoms with Crippen molar-refractivity contribution in [2.75, 3.05) is 7.11 Å². The smallest absolute Gasteiger partial charge is 0.220 e. The molecule has 134 valence electrons. The highest BCUT2D eigenvalue weighted by molar-refractivity contribution is 7.99. The Morgan fingerprint density at radius 3 is 2.68 bits per heavy atom. The van der Waals surface area contributed by atoms with Gasteiger partial charge in [0.05, 0.1) is 7.11 Å². The number of carbonyl (C=O) groups excluding carboxylic acids is 1. The maximum Gasteiger partial charge on any atom is 0.220 e. The highest BCUT2D eigenvalue weighted by atomic mass is 32.2. The SMILES string of the molecule is COc1ccc(F)cc1CNC(=O)CCC(C)Sc1ccc(O)cc1. The molecular formula is C19H22FNO3S. The van der Waals surface area contributed by atoms with Crippen molar-refractivity contribution in [2.24, 2.45) is 0 Å². The number of phenols is 1. The highest BCUT2D eigenvalue weighted by Crippen LogP contribution is 2.27. The van der Waals surface area contributed by atoms with Crippen LogP contribution < -0.4 is 10.1 Å². The monoisotopic (exact) mass is 363 g/mol. The number of halogens is 1. The molecule has 6 heteroatoms. The van der Waals surface area contributed by atoms with Gasteiger partial charge >= 0.3 is 0 Å². The second-order valence-electron chi connectivity index (χ2n) is 5.69. The molecule has 0 aliphatic carbocycles. The number of thioether (sulfide) groups is 1. The second kappa shape index (κ2) is 9.32. The van der Waals surface area contributed by atoms with Crippen molar-refractivity contribution in [3.05, 3.63) is 53.8 Å². The Balaban J connectivity index is 1.77. The van der Waals surface area contributed by atoms with Crippen molar-refractivity contribution >= 4 is 17.7 Å². The van der Waals surface area contributed by atoms with Crippen molar-refractivity contribution in [1.29, 1.82) is 0 Å². The van der Waals surface area contributed by atoms with Crippen molar-refractivity contribution in [1.82, 2.24) is 5.32 Å². The van der Waals surface area contributed by atoms with Gasteiger partial charge in [0.15, 0.2) is 0 Å². The van der Waals surface area contributed by atoms with Crippen LogP contribution in [-0.4, -0.2) is 23.4 Å². The number of hydrogen-bond acceptors (Lipinski definition) is 4. The topological polar surface area (TPSA) is 58.6 Å². The lowest BCUT2D eigenvalue weighted by Gasteiger charge is -2.12. The lowest BCUT2D eigenvalue weighted by molar-refractivity contribution is -0.121. The zero-order valence-corrected chi connectivity index (χ0v) is 15.1. The summed E-state index contributed by atoms with van der Waals surface area (Å²) in [5.41, 5.74) is 0.613. The van der Waals surface area contributed by atoms with Gasteiger partial charge in [-0.1, -0.05) is 6.92 Å². The van der Waals surface area contributed by atoms with Crippen LogP contribution in [0.5, 0.6) is 11.5 Å². The minimum Gasteiger partial charge on any atom is -0.508 e. The molecule has 2 rings (SSSR count). The highest BCUT2D eigenvalue weighted by Gasteiger charge is 2.10. The molecule has 4 nitrogen and oxygen atoms in total. The summed E-state index contributed by atoms with van der Waals surface area (Å²) in [6.45, 7) is 2.29. The molecule has 2 N–H and O–H groups in total. The summed E-state index contributed by atoms with van der Waals surface area (Å²) in [4.78, 5) is 13.1. The van der Waals surface area contributed by atoms with E-state index in [0.717, 1.165) is 11.3 Å². The summed E-state index contributed by atoms with van der Waals surface area (Å²) in [6, 6.07) is 11.2. The third-order valence-corrected chi connectivity index (χ3v) is 4.85. The van der Waals surface area contributed by atoms with E-state index in [2.05, 4.69) is 12.2 Å². The molecule has 1 atom stereocenters. The lowest BCUT2D eigenvalue weighted by atomic mass is 10.2. The minimum absolute atomic E-state index is 0.0792. The number of rotatable bonds is 8. The van der Waals surface area contributed by atoms with Crippen LogP contribution in [0.4, 0.5) is 4.39 Å².